The van der Waals surface area contributed by atoms with Gasteiger partial charge in [0.05, 0.1) is 13.5 Å². The highest BCUT2D eigenvalue weighted by Gasteiger charge is 2.32. The van der Waals surface area contributed by atoms with Gasteiger partial charge >= 0.3 is 6.36 Å². The average molecular weight is 460 g/mol. The Hall–Kier alpha value is -3.72. The molecule has 0 saturated carbocycles. The smallest absolute Gasteiger partial charge is 0.493 e. The van der Waals surface area contributed by atoms with E-state index in [0.717, 1.165) is 0 Å². The summed E-state index contributed by atoms with van der Waals surface area (Å²) >= 11 is 0. The Balaban J connectivity index is 1.78. The van der Waals surface area contributed by atoms with Crippen molar-refractivity contribution in [3.63, 3.8) is 0 Å². The first-order valence-corrected chi connectivity index (χ1v) is 10.0. The highest BCUT2D eigenvalue weighted by molar-refractivity contribution is 5.93. The third kappa shape index (κ3) is 6.88. The summed E-state index contributed by atoms with van der Waals surface area (Å²) in [6.45, 7) is 0.680. The highest BCUT2D eigenvalue weighted by Crippen LogP contribution is 2.36. The quantitative estimate of drug-likeness (QED) is 0.480. The Bertz CT molecular complexity index is 1090. The molecular weight excluding hydrogens is 437 g/mol. The van der Waals surface area contributed by atoms with Crippen molar-refractivity contribution < 1.29 is 32.2 Å². The van der Waals surface area contributed by atoms with Crippen LogP contribution in [0.3, 0.4) is 0 Å². The van der Waals surface area contributed by atoms with Crippen LogP contribution < -0.4 is 25.3 Å². The summed E-state index contributed by atoms with van der Waals surface area (Å²) in [5.41, 5.74) is 7.17. The largest absolute Gasteiger partial charge is 0.573 e. The predicted molar refractivity (Wildman–Crippen MR) is 118 cm³/mol. The number of methoxy groups -OCH3 is 1. The minimum Gasteiger partial charge on any atom is -0.493 e. The van der Waals surface area contributed by atoms with E-state index in [9.17, 15) is 18.0 Å². The SMILES string of the molecule is COc1cc(CC(=O)Nc2ccc(OC(F)(F)F)c(-c3ccccc3)c2)ccc1OCCN. The van der Waals surface area contributed by atoms with Gasteiger partial charge in [-0.05, 0) is 41.5 Å². The molecule has 3 aromatic carbocycles. The number of nitrogens with one attached hydrogen (secondary N) is 1. The van der Waals surface area contributed by atoms with Crippen LogP contribution in [0.15, 0.2) is 66.7 Å². The van der Waals surface area contributed by atoms with Crippen molar-refractivity contribution in [2.24, 2.45) is 5.73 Å². The lowest BCUT2D eigenvalue weighted by atomic mass is 10.0. The summed E-state index contributed by atoms with van der Waals surface area (Å²) in [7, 11) is 1.49. The van der Waals surface area contributed by atoms with Gasteiger partial charge in [-0.25, -0.2) is 0 Å². The van der Waals surface area contributed by atoms with E-state index in [-0.39, 0.29) is 23.6 Å². The number of ether oxygens (including phenoxy) is 3. The number of anilines is 1. The second-order valence-corrected chi connectivity index (χ2v) is 6.97. The van der Waals surface area contributed by atoms with Gasteiger partial charge in [-0.1, -0.05) is 36.4 Å². The van der Waals surface area contributed by atoms with Crippen molar-refractivity contribution >= 4 is 11.6 Å². The van der Waals surface area contributed by atoms with E-state index in [1.54, 1.807) is 48.5 Å². The number of hydrogen-bond acceptors (Lipinski definition) is 5. The fraction of sp³-hybridized carbons (Fsp3) is 0.208. The van der Waals surface area contributed by atoms with Crippen LogP contribution in [-0.2, 0) is 11.2 Å². The van der Waals surface area contributed by atoms with Crippen molar-refractivity contribution in [3.05, 3.63) is 72.3 Å². The Morgan fingerprint density at radius 3 is 2.36 bits per heavy atom. The molecule has 0 aliphatic carbocycles. The second-order valence-electron chi connectivity index (χ2n) is 6.97. The van der Waals surface area contributed by atoms with Crippen LogP contribution in [-0.4, -0.2) is 32.5 Å². The molecule has 0 bridgehead atoms. The van der Waals surface area contributed by atoms with Crippen LogP contribution in [0.4, 0.5) is 18.9 Å². The predicted octanol–water partition coefficient (Wildman–Crippen LogP) is 4.78. The Kier molecular flexibility index (Phi) is 7.78. The van der Waals surface area contributed by atoms with Gasteiger partial charge in [0.25, 0.3) is 0 Å². The van der Waals surface area contributed by atoms with E-state index in [4.69, 9.17) is 15.2 Å². The number of halogens is 3. The Morgan fingerprint density at radius 2 is 1.70 bits per heavy atom. The molecule has 0 aliphatic heterocycles. The number of hydrogen-bond donors (Lipinski definition) is 2. The summed E-state index contributed by atoms with van der Waals surface area (Å²) in [5.74, 6) is 0.273. The molecule has 0 fully saturated rings. The number of nitrogens with two attached hydrogens (primary N) is 1. The fourth-order valence-corrected chi connectivity index (χ4v) is 3.17. The molecular formula is C24H23F3N2O4. The number of carbonyl (C=O) groups is 1. The minimum atomic E-state index is -4.84. The molecule has 33 heavy (non-hydrogen) atoms. The normalized spacial score (nSPS) is 11.1. The third-order valence-electron chi connectivity index (χ3n) is 4.54. The van der Waals surface area contributed by atoms with Crippen LogP contribution in [0.2, 0.25) is 0 Å². The molecule has 0 unspecified atom stereocenters. The van der Waals surface area contributed by atoms with Crippen LogP contribution in [0.5, 0.6) is 17.2 Å². The number of rotatable bonds is 9. The summed E-state index contributed by atoms with van der Waals surface area (Å²) in [4.78, 5) is 12.6. The zero-order valence-electron chi connectivity index (χ0n) is 17.8. The number of alkyl halides is 3. The van der Waals surface area contributed by atoms with Gasteiger partial charge in [0.2, 0.25) is 5.91 Å². The molecule has 3 rings (SSSR count). The van der Waals surface area contributed by atoms with Crippen LogP contribution in [0.25, 0.3) is 11.1 Å². The van der Waals surface area contributed by atoms with E-state index >= 15 is 0 Å². The molecule has 174 valence electrons. The van der Waals surface area contributed by atoms with Gasteiger partial charge in [0.15, 0.2) is 11.5 Å². The van der Waals surface area contributed by atoms with E-state index < -0.39 is 6.36 Å². The maximum Gasteiger partial charge on any atom is 0.573 e. The fourth-order valence-electron chi connectivity index (χ4n) is 3.17. The van der Waals surface area contributed by atoms with E-state index in [1.807, 2.05) is 0 Å². The maximum absolute atomic E-state index is 12.8. The molecule has 9 heteroatoms. The molecule has 0 saturated heterocycles. The highest BCUT2D eigenvalue weighted by atomic mass is 19.4. The van der Waals surface area contributed by atoms with Crippen molar-refractivity contribution in [1.82, 2.24) is 0 Å². The molecule has 6 nitrogen and oxygen atoms in total. The second kappa shape index (κ2) is 10.7. The molecule has 3 N–H and O–H groups in total. The van der Waals surface area contributed by atoms with Crippen molar-refractivity contribution in [2.75, 3.05) is 25.6 Å². The molecule has 0 atom stereocenters. The van der Waals surface area contributed by atoms with Gasteiger partial charge in [-0.2, -0.15) is 0 Å². The van der Waals surface area contributed by atoms with Gasteiger partial charge < -0.3 is 25.3 Å². The molecule has 3 aromatic rings. The Morgan fingerprint density at radius 1 is 0.970 bits per heavy atom. The lowest BCUT2D eigenvalue weighted by Gasteiger charge is -2.15. The van der Waals surface area contributed by atoms with E-state index in [1.165, 1.54) is 25.3 Å². The van der Waals surface area contributed by atoms with Crippen molar-refractivity contribution in [1.29, 1.82) is 0 Å². The van der Waals surface area contributed by atoms with Crippen molar-refractivity contribution in [3.8, 4) is 28.4 Å². The molecule has 0 radical (unpaired) electrons. The van der Waals surface area contributed by atoms with Crippen LogP contribution in [0.1, 0.15) is 5.56 Å². The van der Waals surface area contributed by atoms with Gasteiger partial charge in [-0.3, -0.25) is 4.79 Å². The molecule has 0 aromatic heterocycles. The average Bonchev–Trinajstić information content (AvgIpc) is 2.78. The summed E-state index contributed by atoms with van der Waals surface area (Å²) in [6, 6.07) is 17.5. The van der Waals surface area contributed by atoms with E-state index in [0.29, 0.717) is 41.5 Å². The number of carbonyl (C=O) groups excluding carboxylic acids is 1. The first kappa shape index (κ1) is 23.9. The maximum atomic E-state index is 12.8. The first-order valence-electron chi connectivity index (χ1n) is 10.0. The summed E-state index contributed by atoms with van der Waals surface area (Å²) < 4.78 is 53.4. The number of benzene rings is 3. The van der Waals surface area contributed by atoms with Gasteiger partial charge in [0.1, 0.15) is 12.4 Å². The number of amides is 1. The Labute approximate surface area is 189 Å². The molecule has 0 spiro atoms. The molecule has 1 amide bonds. The van der Waals surface area contributed by atoms with Crippen LogP contribution in [0, 0.1) is 0 Å². The molecule has 0 aliphatic rings. The van der Waals surface area contributed by atoms with Gasteiger partial charge in [-0.15, -0.1) is 13.2 Å². The standard InChI is InChI=1S/C24H23F3N2O4/c1-31-22-13-16(7-9-21(22)32-12-11-28)14-23(30)29-18-8-10-20(33-24(25,26)27)19(15-18)17-5-3-2-4-6-17/h2-10,13,15H,11-12,14,28H2,1H3,(H,29,30). The third-order valence-corrected chi connectivity index (χ3v) is 4.54. The lowest BCUT2D eigenvalue weighted by molar-refractivity contribution is -0.274. The zero-order valence-corrected chi connectivity index (χ0v) is 17.8. The van der Waals surface area contributed by atoms with Gasteiger partial charge in [0, 0.05) is 17.8 Å². The minimum absolute atomic E-state index is 0.0228. The zero-order chi connectivity index (χ0) is 23.8. The first-order chi connectivity index (χ1) is 15.8. The topological polar surface area (TPSA) is 82.8 Å². The van der Waals surface area contributed by atoms with Crippen molar-refractivity contribution in [2.45, 2.75) is 12.8 Å². The summed E-state index contributed by atoms with van der Waals surface area (Å²) in [6.07, 6.45) is -4.82. The summed E-state index contributed by atoms with van der Waals surface area (Å²) in [5, 5.41) is 2.71. The monoisotopic (exact) mass is 460 g/mol. The molecule has 0 heterocycles. The van der Waals surface area contributed by atoms with Crippen LogP contribution >= 0.6 is 0 Å². The van der Waals surface area contributed by atoms with E-state index in [2.05, 4.69) is 10.1 Å². The lowest BCUT2D eigenvalue weighted by Crippen LogP contribution is -2.18.